The van der Waals surface area contributed by atoms with Crippen LogP contribution in [0.5, 0.6) is 11.5 Å². The van der Waals surface area contributed by atoms with Gasteiger partial charge in [0.15, 0.2) is 0 Å². The molecule has 4 nitrogen and oxygen atoms in total. The first-order valence-electron chi connectivity index (χ1n) is 6.05. The number of isocyanates is 1. The standard InChI is InChI=1S/C14H17NO3/c1-4-10-11(17-2)5-6-12(18-3)13(10)14(7-8-14)15-9-16/h5-6H,4,7-8H2,1-3H3. The fourth-order valence-corrected chi connectivity index (χ4v) is 2.45. The van der Waals surface area contributed by atoms with Crippen molar-refractivity contribution in [3.8, 4) is 11.5 Å². The highest BCUT2D eigenvalue weighted by molar-refractivity contribution is 5.56. The molecule has 0 heterocycles. The van der Waals surface area contributed by atoms with Crippen LogP contribution in [-0.2, 0) is 16.8 Å². The van der Waals surface area contributed by atoms with Crippen LogP contribution in [-0.4, -0.2) is 20.3 Å². The van der Waals surface area contributed by atoms with E-state index in [0.29, 0.717) is 0 Å². The van der Waals surface area contributed by atoms with Crippen molar-refractivity contribution in [3.05, 3.63) is 23.3 Å². The van der Waals surface area contributed by atoms with E-state index in [1.807, 2.05) is 12.1 Å². The van der Waals surface area contributed by atoms with Crippen molar-refractivity contribution in [2.45, 2.75) is 31.7 Å². The van der Waals surface area contributed by atoms with Gasteiger partial charge >= 0.3 is 0 Å². The van der Waals surface area contributed by atoms with Crippen molar-refractivity contribution in [1.82, 2.24) is 0 Å². The molecule has 0 atom stereocenters. The number of carbonyl (C=O) groups excluding carboxylic acids is 1. The molecule has 0 radical (unpaired) electrons. The van der Waals surface area contributed by atoms with Crippen LogP contribution >= 0.6 is 0 Å². The van der Waals surface area contributed by atoms with Crippen molar-refractivity contribution in [3.63, 3.8) is 0 Å². The maximum Gasteiger partial charge on any atom is 0.235 e. The Kier molecular flexibility index (Phi) is 3.39. The Labute approximate surface area is 107 Å². The van der Waals surface area contributed by atoms with E-state index in [-0.39, 0.29) is 0 Å². The number of nitrogens with zero attached hydrogens (tertiary/aromatic N) is 1. The Morgan fingerprint density at radius 3 is 2.33 bits per heavy atom. The summed E-state index contributed by atoms with van der Waals surface area (Å²) in [7, 11) is 3.28. The molecule has 96 valence electrons. The van der Waals surface area contributed by atoms with Crippen LogP contribution in [0.15, 0.2) is 17.1 Å². The molecule has 1 aliphatic rings. The molecule has 0 bridgehead atoms. The van der Waals surface area contributed by atoms with Gasteiger partial charge < -0.3 is 9.47 Å². The highest BCUT2D eigenvalue weighted by atomic mass is 16.5. The molecule has 2 rings (SSSR count). The minimum Gasteiger partial charge on any atom is -0.496 e. The zero-order valence-electron chi connectivity index (χ0n) is 10.9. The molecule has 1 aromatic rings. The molecule has 1 saturated carbocycles. The van der Waals surface area contributed by atoms with Crippen LogP contribution in [0.1, 0.15) is 30.9 Å². The number of hydrogen-bond donors (Lipinski definition) is 0. The number of methoxy groups -OCH3 is 2. The molecular weight excluding hydrogens is 230 g/mol. The minimum atomic E-state index is -0.438. The first-order valence-corrected chi connectivity index (χ1v) is 6.05. The van der Waals surface area contributed by atoms with Crippen LogP contribution in [0.25, 0.3) is 0 Å². The number of hydrogen-bond acceptors (Lipinski definition) is 4. The molecule has 1 aromatic carbocycles. The van der Waals surface area contributed by atoms with Crippen LogP contribution in [0.4, 0.5) is 0 Å². The van der Waals surface area contributed by atoms with Crippen molar-refractivity contribution >= 4 is 6.08 Å². The third-order valence-electron chi connectivity index (χ3n) is 3.47. The topological polar surface area (TPSA) is 47.9 Å². The smallest absolute Gasteiger partial charge is 0.235 e. The van der Waals surface area contributed by atoms with E-state index >= 15 is 0 Å². The molecule has 0 N–H and O–H groups in total. The SMILES string of the molecule is CCc1c(OC)ccc(OC)c1C1(N=C=O)CC1. The Hall–Kier alpha value is -1.80. The zero-order valence-corrected chi connectivity index (χ0v) is 10.9. The Balaban J connectivity index is 2.65. The van der Waals surface area contributed by atoms with Gasteiger partial charge in [-0.3, -0.25) is 0 Å². The third-order valence-corrected chi connectivity index (χ3v) is 3.47. The summed E-state index contributed by atoms with van der Waals surface area (Å²) in [4.78, 5) is 14.6. The van der Waals surface area contributed by atoms with Crippen LogP contribution in [0, 0.1) is 0 Å². The lowest BCUT2D eigenvalue weighted by molar-refractivity contribution is 0.390. The first kappa shape index (κ1) is 12.7. The van der Waals surface area contributed by atoms with Gasteiger partial charge in [-0.25, -0.2) is 4.79 Å². The average molecular weight is 247 g/mol. The predicted molar refractivity (Wildman–Crippen MR) is 68.0 cm³/mol. The minimum absolute atomic E-state index is 0.438. The fourth-order valence-electron chi connectivity index (χ4n) is 2.45. The molecule has 0 saturated heterocycles. The monoisotopic (exact) mass is 247 g/mol. The van der Waals surface area contributed by atoms with Gasteiger partial charge in [0.25, 0.3) is 0 Å². The van der Waals surface area contributed by atoms with E-state index in [2.05, 4.69) is 11.9 Å². The Bertz CT molecular complexity index is 500. The van der Waals surface area contributed by atoms with Gasteiger partial charge in [-0.1, -0.05) is 6.92 Å². The second kappa shape index (κ2) is 4.83. The van der Waals surface area contributed by atoms with E-state index in [0.717, 1.165) is 41.9 Å². The summed E-state index contributed by atoms with van der Waals surface area (Å²) in [6, 6.07) is 3.76. The maximum atomic E-state index is 10.6. The normalized spacial score (nSPS) is 15.7. The molecule has 0 amide bonds. The van der Waals surface area contributed by atoms with Crippen molar-refractivity contribution in [2.75, 3.05) is 14.2 Å². The van der Waals surface area contributed by atoms with Gasteiger partial charge in [0.2, 0.25) is 6.08 Å². The molecule has 1 aliphatic carbocycles. The van der Waals surface area contributed by atoms with Gasteiger partial charge in [-0.15, -0.1) is 0 Å². The largest absolute Gasteiger partial charge is 0.496 e. The third kappa shape index (κ3) is 1.89. The summed E-state index contributed by atoms with van der Waals surface area (Å²) < 4.78 is 10.8. The number of benzene rings is 1. The molecule has 0 aromatic heterocycles. The van der Waals surface area contributed by atoms with Gasteiger partial charge in [0.05, 0.1) is 14.2 Å². The molecule has 0 aliphatic heterocycles. The van der Waals surface area contributed by atoms with Crippen molar-refractivity contribution < 1.29 is 14.3 Å². The molecule has 0 spiro atoms. The number of rotatable bonds is 5. The van der Waals surface area contributed by atoms with E-state index in [9.17, 15) is 4.79 Å². The van der Waals surface area contributed by atoms with Crippen molar-refractivity contribution in [1.29, 1.82) is 0 Å². The van der Waals surface area contributed by atoms with Gasteiger partial charge in [-0.2, -0.15) is 4.99 Å². The second-order valence-electron chi connectivity index (χ2n) is 4.41. The predicted octanol–water partition coefficient (Wildman–Crippen LogP) is 2.59. The lowest BCUT2D eigenvalue weighted by Crippen LogP contribution is -2.10. The van der Waals surface area contributed by atoms with E-state index in [4.69, 9.17) is 9.47 Å². The summed E-state index contributed by atoms with van der Waals surface area (Å²) in [5.74, 6) is 1.59. The van der Waals surface area contributed by atoms with Crippen LogP contribution in [0.3, 0.4) is 0 Å². The van der Waals surface area contributed by atoms with E-state index in [1.165, 1.54) is 0 Å². The number of ether oxygens (including phenoxy) is 2. The summed E-state index contributed by atoms with van der Waals surface area (Å²) in [5.41, 5.74) is 1.61. The molecule has 0 unspecified atom stereocenters. The number of aliphatic imine (C=N–C) groups is 1. The highest BCUT2D eigenvalue weighted by Crippen LogP contribution is 2.54. The average Bonchev–Trinajstić information content (AvgIpc) is 3.17. The maximum absolute atomic E-state index is 10.6. The van der Waals surface area contributed by atoms with Crippen molar-refractivity contribution in [2.24, 2.45) is 4.99 Å². The lowest BCUT2D eigenvalue weighted by Gasteiger charge is -2.20. The summed E-state index contributed by atoms with van der Waals surface area (Å²) in [6.45, 7) is 2.06. The van der Waals surface area contributed by atoms with Gasteiger partial charge in [0.1, 0.15) is 17.0 Å². The van der Waals surface area contributed by atoms with E-state index in [1.54, 1.807) is 20.3 Å². The first-order chi connectivity index (χ1) is 8.72. The molecule has 4 heteroatoms. The second-order valence-corrected chi connectivity index (χ2v) is 4.41. The Morgan fingerprint density at radius 2 is 1.89 bits per heavy atom. The summed E-state index contributed by atoms with van der Waals surface area (Å²) in [5, 5.41) is 0. The molecular formula is C14H17NO3. The van der Waals surface area contributed by atoms with E-state index < -0.39 is 5.54 Å². The highest BCUT2D eigenvalue weighted by Gasteiger charge is 2.48. The molecule has 1 fully saturated rings. The zero-order chi connectivity index (χ0) is 13.2. The van der Waals surface area contributed by atoms with Crippen LogP contribution in [0.2, 0.25) is 0 Å². The lowest BCUT2D eigenvalue weighted by atomic mass is 9.95. The summed E-state index contributed by atoms with van der Waals surface area (Å²) in [6.07, 6.45) is 4.22. The van der Waals surface area contributed by atoms with Crippen LogP contribution < -0.4 is 9.47 Å². The fraction of sp³-hybridized carbons (Fsp3) is 0.500. The summed E-state index contributed by atoms with van der Waals surface area (Å²) >= 11 is 0. The van der Waals surface area contributed by atoms with Gasteiger partial charge in [-0.05, 0) is 31.4 Å². The quantitative estimate of drug-likeness (QED) is 0.593. The van der Waals surface area contributed by atoms with Gasteiger partial charge in [0, 0.05) is 11.1 Å². The Morgan fingerprint density at radius 1 is 1.28 bits per heavy atom. The molecule has 18 heavy (non-hydrogen) atoms.